The Morgan fingerprint density at radius 2 is 2.06 bits per heavy atom. The molecule has 3 N–H and O–H groups in total. The Morgan fingerprint density at radius 1 is 1.33 bits per heavy atom. The van der Waals surface area contributed by atoms with Gasteiger partial charge in [-0.05, 0) is 31.6 Å². The minimum Gasteiger partial charge on any atom is -0.409 e. The molecule has 6 heteroatoms. The Labute approximate surface area is 107 Å². The number of rotatable bonds is 1. The number of likely N-dealkylation sites (tertiary alicyclic amines) is 2. The van der Waals surface area contributed by atoms with Crippen molar-refractivity contribution >= 4 is 11.9 Å². The average molecular weight is 254 g/mol. The third-order valence-corrected chi connectivity index (χ3v) is 3.88. The molecule has 2 unspecified atom stereocenters. The Morgan fingerprint density at radius 3 is 2.72 bits per heavy atom. The molecule has 0 saturated carbocycles. The lowest BCUT2D eigenvalue weighted by Gasteiger charge is -2.35. The van der Waals surface area contributed by atoms with Crippen molar-refractivity contribution in [1.29, 1.82) is 0 Å². The summed E-state index contributed by atoms with van der Waals surface area (Å²) in [5, 5.41) is 11.8. The first-order chi connectivity index (χ1) is 8.63. The van der Waals surface area contributed by atoms with E-state index in [2.05, 4.69) is 12.1 Å². The molecule has 2 aliphatic heterocycles. The summed E-state index contributed by atoms with van der Waals surface area (Å²) < 4.78 is 0. The van der Waals surface area contributed by atoms with Crippen LogP contribution in [0.3, 0.4) is 0 Å². The van der Waals surface area contributed by atoms with E-state index in [1.165, 1.54) is 6.42 Å². The van der Waals surface area contributed by atoms with Crippen LogP contribution in [-0.2, 0) is 0 Å². The largest absolute Gasteiger partial charge is 0.409 e. The maximum atomic E-state index is 12.4. The summed E-state index contributed by atoms with van der Waals surface area (Å²) in [6.07, 6.45) is 3.95. The van der Waals surface area contributed by atoms with E-state index in [9.17, 15) is 4.79 Å². The minimum atomic E-state index is -0.236. The molecular formula is C12H22N4O2. The topological polar surface area (TPSA) is 82.2 Å². The summed E-state index contributed by atoms with van der Waals surface area (Å²) in [6.45, 7) is 4.51. The zero-order valence-electron chi connectivity index (χ0n) is 10.9. The number of urea groups is 1. The summed E-state index contributed by atoms with van der Waals surface area (Å²) in [7, 11) is 0. The number of piperidine rings is 1. The van der Waals surface area contributed by atoms with Gasteiger partial charge in [-0.25, -0.2) is 4.79 Å². The van der Waals surface area contributed by atoms with Gasteiger partial charge in [0.1, 0.15) is 0 Å². The first-order valence-corrected chi connectivity index (χ1v) is 6.66. The number of amidine groups is 1. The molecule has 2 saturated heterocycles. The van der Waals surface area contributed by atoms with Gasteiger partial charge in [0.25, 0.3) is 0 Å². The average Bonchev–Trinajstić information content (AvgIpc) is 2.86. The zero-order chi connectivity index (χ0) is 13.1. The van der Waals surface area contributed by atoms with E-state index >= 15 is 0 Å². The number of hydrogen-bond acceptors (Lipinski definition) is 3. The highest BCUT2D eigenvalue weighted by molar-refractivity contribution is 5.90. The molecule has 2 amide bonds. The molecule has 0 spiro atoms. The van der Waals surface area contributed by atoms with Gasteiger partial charge in [0, 0.05) is 19.6 Å². The quantitative estimate of drug-likeness (QED) is 0.317. The summed E-state index contributed by atoms with van der Waals surface area (Å²) in [5.74, 6) is 0.707. The van der Waals surface area contributed by atoms with Crippen LogP contribution in [0.25, 0.3) is 0 Å². The van der Waals surface area contributed by atoms with Gasteiger partial charge in [-0.1, -0.05) is 12.1 Å². The SMILES string of the molecule is CC1CCCN(C(=O)N2CCCC2C(N)=NO)C1. The van der Waals surface area contributed by atoms with Crippen LogP contribution in [0.1, 0.15) is 32.6 Å². The van der Waals surface area contributed by atoms with E-state index in [0.717, 1.165) is 32.4 Å². The van der Waals surface area contributed by atoms with Crippen LogP contribution in [0.4, 0.5) is 4.79 Å². The van der Waals surface area contributed by atoms with Crippen LogP contribution >= 0.6 is 0 Å². The summed E-state index contributed by atoms with van der Waals surface area (Å²) in [6, 6.07) is -0.199. The number of amides is 2. The molecule has 6 nitrogen and oxygen atoms in total. The molecule has 0 aromatic heterocycles. The second kappa shape index (κ2) is 5.46. The fourth-order valence-corrected chi connectivity index (χ4v) is 2.91. The van der Waals surface area contributed by atoms with E-state index in [0.29, 0.717) is 12.5 Å². The van der Waals surface area contributed by atoms with Crippen LogP contribution in [0.15, 0.2) is 5.16 Å². The molecule has 102 valence electrons. The monoisotopic (exact) mass is 254 g/mol. The van der Waals surface area contributed by atoms with E-state index in [1.54, 1.807) is 4.90 Å². The third-order valence-electron chi connectivity index (χ3n) is 3.88. The van der Waals surface area contributed by atoms with Crippen LogP contribution in [0, 0.1) is 5.92 Å². The predicted molar refractivity (Wildman–Crippen MR) is 68.5 cm³/mol. The molecule has 2 atom stereocenters. The van der Waals surface area contributed by atoms with Crippen molar-refractivity contribution in [2.75, 3.05) is 19.6 Å². The van der Waals surface area contributed by atoms with Crippen LogP contribution in [-0.4, -0.2) is 52.5 Å². The Hall–Kier alpha value is -1.46. The van der Waals surface area contributed by atoms with Crippen molar-refractivity contribution in [3.63, 3.8) is 0 Å². The maximum absolute atomic E-state index is 12.4. The fraction of sp³-hybridized carbons (Fsp3) is 0.833. The highest BCUT2D eigenvalue weighted by Gasteiger charge is 2.35. The van der Waals surface area contributed by atoms with E-state index in [-0.39, 0.29) is 17.9 Å². The summed E-state index contributed by atoms with van der Waals surface area (Å²) in [4.78, 5) is 16.1. The van der Waals surface area contributed by atoms with Crippen molar-refractivity contribution in [3.8, 4) is 0 Å². The number of oxime groups is 1. The second-order valence-corrected chi connectivity index (χ2v) is 5.35. The number of nitrogens with two attached hydrogens (primary N) is 1. The maximum Gasteiger partial charge on any atom is 0.320 e. The van der Waals surface area contributed by atoms with Gasteiger partial charge in [0.15, 0.2) is 5.84 Å². The molecule has 0 aromatic rings. The standard InChI is InChI=1S/C12H22N4O2/c1-9-4-2-6-15(8-9)12(17)16-7-3-5-10(16)11(13)14-18/h9-10,18H,2-8H2,1H3,(H2,13,14). The number of hydrogen-bond donors (Lipinski definition) is 2. The second-order valence-electron chi connectivity index (χ2n) is 5.35. The van der Waals surface area contributed by atoms with Crippen molar-refractivity contribution < 1.29 is 10.0 Å². The first kappa shape index (κ1) is 13.0. The van der Waals surface area contributed by atoms with Crippen molar-refractivity contribution in [2.24, 2.45) is 16.8 Å². The molecule has 0 aromatic carbocycles. The lowest BCUT2D eigenvalue weighted by molar-refractivity contribution is 0.134. The molecule has 0 radical (unpaired) electrons. The lowest BCUT2D eigenvalue weighted by Crippen LogP contribution is -2.51. The van der Waals surface area contributed by atoms with Gasteiger partial charge in [-0.15, -0.1) is 0 Å². The Bertz CT molecular complexity index is 345. The number of carbonyl (C=O) groups excluding carboxylic acids is 1. The van der Waals surface area contributed by atoms with Gasteiger partial charge in [-0.3, -0.25) is 0 Å². The normalized spacial score (nSPS) is 29.7. The van der Waals surface area contributed by atoms with Gasteiger partial charge in [0.2, 0.25) is 0 Å². The highest BCUT2D eigenvalue weighted by Crippen LogP contribution is 2.22. The van der Waals surface area contributed by atoms with E-state index in [4.69, 9.17) is 10.9 Å². The van der Waals surface area contributed by atoms with Crippen LogP contribution < -0.4 is 5.73 Å². The van der Waals surface area contributed by atoms with E-state index in [1.807, 2.05) is 4.90 Å². The Kier molecular flexibility index (Phi) is 3.93. The van der Waals surface area contributed by atoms with Crippen molar-refractivity contribution in [2.45, 2.75) is 38.6 Å². The summed E-state index contributed by atoms with van der Waals surface area (Å²) >= 11 is 0. The van der Waals surface area contributed by atoms with Crippen LogP contribution in [0.5, 0.6) is 0 Å². The van der Waals surface area contributed by atoms with Gasteiger partial charge in [0.05, 0.1) is 6.04 Å². The molecular weight excluding hydrogens is 232 g/mol. The van der Waals surface area contributed by atoms with Crippen molar-refractivity contribution in [1.82, 2.24) is 9.80 Å². The molecule has 2 rings (SSSR count). The van der Waals surface area contributed by atoms with Gasteiger partial charge >= 0.3 is 6.03 Å². The molecule has 2 heterocycles. The zero-order valence-corrected chi connectivity index (χ0v) is 10.9. The minimum absolute atomic E-state index is 0.0376. The Balaban J connectivity index is 2.03. The smallest absolute Gasteiger partial charge is 0.320 e. The van der Waals surface area contributed by atoms with Crippen LogP contribution in [0.2, 0.25) is 0 Å². The van der Waals surface area contributed by atoms with Gasteiger partial charge in [-0.2, -0.15) is 0 Å². The first-order valence-electron chi connectivity index (χ1n) is 6.66. The number of carbonyl (C=O) groups is 1. The highest BCUT2D eigenvalue weighted by atomic mass is 16.4. The lowest BCUT2D eigenvalue weighted by atomic mass is 10.0. The fourth-order valence-electron chi connectivity index (χ4n) is 2.91. The molecule has 0 aliphatic carbocycles. The number of nitrogens with zero attached hydrogens (tertiary/aromatic N) is 3. The molecule has 0 bridgehead atoms. The predicted octanol–water partition coefficient (Wildman–Crippen LogP) is 1.05. The van der Waals surface area contributed by atoms with E-state index < -0.39 is 0 Å². The third kappa shape index (κ3) is 2.52. The molecule has 2 fully saturated rings. The molecule has 2 aliphatic rings. The van der Waals surface area contributed by atoms with Gasteiger partial charge < -0.3 is 20.7 Å². The van der Waals surface area contributed by atoms with Crippen molar-refractivity contribution in [3.05, 3.63) is 0 Å². The summed E-state index contributed by atoms with van der Waals surface area (Å²) in [5.41, 5.74) is 5.65. The molecule has 18 heavy (non-hydrogen) atoms.